The standard InChI is InChI=1S/C19H16ClN3O8/c1-27-14-6-10(7-15(28-2)17(14)29-3)18-22-21-16(31-18)9-30-19(24)12-8-11(20)4-5-13(12)23(25)26/h4-8H,9H2,1-3H3. The smallest absolute Gasteiger partial charge is 0.345 e. The van der Waals surface area contributed by atoms with Crippen molar-refractivity contribution in [2.24, 2.45) is 0 Å². The first-order chi connectivity index (χ1) is 14.9. The maximum Gasteiger partial charge on any atom is 0.345 e. The third-order valence-corrected chi connectivity index (χ3v) is 4.32. The van der Waals surface area contributed by atoms with Crippen LogP contribution in [0.3, 0.4) is 0 Å². The lowest BCUT2D eigenvalue weighted by molar-refractivity contribution is -0.385. The Balaban J connectivity index is 1.79. The van der Waals surface area contributed by atoms with E-state index < -0.39 is 23.2 Å². The Kier molecular flexibility index (Phi) is 6.55. The van der Waals surface area contributed by atoms with E-state index in [1.54, 1.807) is 12.1 Å². The summed E-state index contributed by atoms with van der Waals surface area (Å²) in [4.78, 5) is 22.7. The maximum atomic E-state index is 12.3. The van der Waals surface area contributed by atoms with E-state index in [0.717, 1.165) is 12.1 Å². The Morgan fingerprint density at radius 3 is 2.35 bits per heavy atom. The maximum absolute atomic E-state index is 12.3. The summed E-state index contributed by atoms with van der Waals surface area (Å²) in [7, 11) is 4.41. The minimum Gasteiger partial charge on any atom is -0.493 e. The highest BCUT2D eigenvalue weighted by Gasteiger charge is 2.23. The number of nitro groups is 1. The van der Waals surface area contributed by atoms with Crippen LogP contribution >= 0.6 is 11.6 Å². The Morgan fingerprint density at radius 2 is 1.77 bits per heavy atom. The van der Waals surface area contributed by atoms with Gasteiger partial charge in [-0.15, -0.1) is 10.2 Å². The van der Waals surface area contributed by atoms with Crippen molar-refractivity contribution in [2.45, 2.75) is 6.61 Å². The number of carbonyl (C=O) groups is 1. The third kappa shape index (κ3) is 4.67. The van der Waals surface area contributed by atoms with Gasteiger partial charge in [-0.3, -0.25) is 10.1 Å². The highest BCUT2D eigenvalue weighted by Crippen LogP contribution is 2.40. The molecular weight excluding hydrogens is 434 g/mol. The van der Waals surface area contributed by atoms with Crippen molar-refractivity contribution in [3.05, 3.63) is 56.9 Å². The van der Waals surface area contributed by atoms with E-state index in [-0.39, 0.29) is 22.4 Å². The van der Waals surface area contributed by atoms with Crippen LogP contribution < -0.4 is 14.2 Å². The second-order valence-electron chi connectivity index (χ2n) is 5.91. The van der Waals surface area contributed by atoms with Crippen LogP contribution in [-0.4, -0.2) is 42.4 Å². The normalized spacial score (nSPS) is 10.5. The van der Waals surface area contributed by atoms with Crippen molar-refractivity contribution < 1.29 is 33.1 Å². The first-order valence-corrected chi connectivity index (χ1v) is 8.99. The summed E-state index contributed by atoms with van der Waals surface area (Å²) >= 11 is 5.82. The second-order valence-corrected chi connectivity index (χ2v) is 6.35. The van der Waals surface area contributed by atoms with Gasteiger partial charge in [0.2, 0.25) is 11.6 Å². The molecule has 0 aliphatic heterocycles. The van der Waals surface area contributed by atoms with E-state index in [1.165, 1.54) is 27.4 Å². The van der Waals surface area contributed by atoms with Crippen molar-refractivity contribution in [3.63, 3.8) is 0 Å². The molecule has 0 aliphatic carbocycles. The number of carbonyl (C=O) groups excluding carboxylic acids is 1. The Hall–Kier alpha value is -3.86. The van der Waals surface area contributed by atoms with Gasteiger partial charge in [-0.2, -0.15) is 0 Å². The summed E-state index contributed by atoms with van der Waals surface area (Å²) in [5, 5.41) is 19.0. The largest absolute Gasteiger partial charge is 0.493 e. The molecule has 0 saturated heterocycles. The molecule has 3 aromatic rings. The minimum atomic E-state index is -0.957. The van der Waals surface area contributed by atoms with Crippen LogP contribution in [0.5, 0.6) is 17.2 Å². The summed E-state index contributed by atoms with van der Waals surface area (Å²) in [6, 6.07) is 6.80. The van der Waals surface area contributed by atoms with E-state index in [0.29, 0.717) is 22.8 Å². The zero-order valence-corrected chi connectivity index (χ0v) is 17.3. The molecule has 0 unspecified atom stereocenters. The van der Waals surface area contributed by atoms with Crippen molar-refractivity contribution in [1.29, 1.82) is 0 Å². The van der Waals surface area contributed by atoms with Gasteiger partial charge in [0.25, 0.3) is 11.6 Å². The third-order valence-electron chi connectivity index (χ3n) is 4.08. The Bertz CT molecular complexity index is 1110. The lowest BCUT2D eigenvalue weighted by atomic mass is 10.2. The summed E-state index contributed by atoms with van der Waals surface area (Å²) < 4.78 is 26.4. The van der Waals surface area contributed by atoms with Crippen LogP contribution in [0.2, 0.25) is 5.02 Å². The van der Waals surface area contributed by atoms with Crippen LogP contribution in [0.4, 0.5) is 5.69 Å². The summed E-state index contributed by atoms with van der Waals surface area (Å²) in [5.74, 6) is 0.292. The van der Waals surface area contributed by atoms with Crippen LogP contribution in [-0.2, 0) is 11.3 Å². The van der Waals surface area contributed by atoms with Gasteiger partial charge in [0.05, 0.1) is 26.3 Å². The van der Waals surface area contributed by atoms with Gasteiger partial charge in [0.1, 0.15) is 5.56 Å². The fourth-order valence-corrected chi connectivity index (χ4v) is 2.84. The number of hydrogen-bond donors (Lipinski definition) is 0. The number of ether oxygens (including phenoxy) is 4. The molecule has 0 bridgehead atoms. The number of nitro benzene ring substituents is 1. The van der Waals surface area contributed by atoms with Crippen molar-refractivity contribution >= 4 is 23.3 Å². The number of rotatable bonds is 8. The number of halogens is 1. The monoisotopic (exact) mass is 449 g/mol. The van der Waals surface area contributed by atoms with E-state index in [1.807, 2.05) is 0 Å². The van der Waals surface area contributed by atoms with Crippen molar-refractivity contribution in [3.8, 4) is 28.7 Å². The fraction of sp³-hybridized carbons (Fsp3) is 0.211. The van der Waals surface area contributed by atoms with Crippen LogP contribution in [0.15, 0.2) is 34.7 Å². The molecule has 162 valence electrons. The molecule has 1 aromatic heterocycles. The van der Waals surface area contributed by atoms with Crippen LogP contribution in [0, 0.1) is 10.1 Å². The zero-order chi connectivity index (χ0) is 22.5. The lowest BCUT2D eigenvalue weighted by Crippen LogP contribution is -2.08. The quantitative estimate of drug-likeness (QED) is 0.284. The minimum absolute atomic E-state index is 0.0261. The number of methoxy groups -OCH3 is 3. The number of benzene rings is 2. The number of aromatic nitrogens is 2. The van der Waals surface area contributed by atoms with Crippen LogP contribution in [0.25, 0.3) is 11.5 Å². The van der Waals surface area contributed by atoms with Crippen molar-refractivity contribution in [1.82, 2.24) is 10.2 Å². The van der Waals surface area contributed by atoms with E-state index in [4.69, 9.17) is 35.0 Å². The summed E-state index contributed by atoms with van der Waals surface area (Å²) in [6.07, 6.45) is 0. The van der Waals surface area contributed by atoms with E-state index >= 15 is 0 Å². The van der Waals surface area contributed by atoms with Gasteiger partial charge >= 0.3 is 5.97 Å². The molecule has 0 N–H and O–H groups in total. The molecule has 2 aromatic carbocycles. The van der Waals surface area contributed by atoms with Crippen LogP contribution in [0.1, 0.15) is 16.2 Å². The molecule has 0 spiro atoms. The van der Waals surface area contributed by atoms with Gasteiger partial charge in [0.15, 0.2) is 18.1 Å². The van der Waals surface area contributed by atoms with E-state index in [2.05, 4.69) is 10.2 Å². The molecule has 0 atom stereocenters. The predicted molar refractivity (Wildman–Crippen MR) is 107 cm³/mol. The Labute approximate surface area is 180 Å². The molecule has 12 heteroatoms. The first kappa shape index (κ1) is 21.8. The van der Waals surface area contributed by atoms with E-state index in [9.17, 15) is 14.9 Å². The molecular formula is C19H16ClN3O8. The highest BCUT2D eigenvalue weighted by atomic mass is 35.5. The fourth-order valence-electron chi connectivity index (χ4n) is 2.67. The predicted octanol–water partition coefficient (Wildman–Crippen LogP) is 3.68. The van der Waals surface area contributed by atoms with Gasteiger partial charge in [-0.05, 0) is 24.3 Å². The number of esters is 1. The van der Waals surface area contributed by atoms with Gasteiger partial charge in [-0.25, -0.2) is 4.79 Å². The second kappa shape index (κ2) is 9.30. The lowest BCUT2D eigenvalue weighted by Gasteiger charge is -2.12. The average molecular weight is 450 g/mol. The molecule has 31 heavy (non-hydrogen) atoms. The molecule has 0 amide bonds. The molecule has 11 nitrogen and oxygen atoms in total. The summed E-state index contributed by atoms with van der Waals surface area (Å²) in [5.41, 5.74) is -0.245. The van der Waals surface area contributed by atoms with Gasteiger partial charge < -0.3 is 23.4 Å². The topological polar surface area (TPSA) is 136 Å². The molecule has 1 heterocycles. The SMILES string of the molecule is COc1cc(-c2nnc(COC(=O)c3cc(Cl)ccc3[N+](=O)[O-])o2)cc(OC)c1OC. The highest BCUT2D eigenvalue weighted by molar-refractivity contribution is 6.31. The zero-order valence-electron chi connectivity index (χ0n) is 16.6. The number of nitrogens with zero attached hydrogens (tertiary/aromatic N) is 3. The molecule has 0 fully saturated rings. The average Bonchev–Trinajstić information content (AvgIpc) is 3.25. The molecule has 0 aliphatic rings. The summed E-state index contributed by atoms with van der Waals surface area (Å²) in [6.45, 7) is -0.403. The molecule has 3 rings (SSSR count). The van der Waals surface area contributed by atoms with Gasteiger partial charge in [-0.1, -0.05) is 11.6 Å². The first-order valence-electron chi connectivity index (χ1n) is 8.61. The number of hydrogen-bond acceptors (Lipinski definition) is 10. The van der Waals surface area contributed by atoms with Gasteiger partial charge in [0, 0.05) is 16.7 Å². The molecule has 0 radical (unpaired) electrons. The molecule has 0 saturated carbocycles. The Morgan fingerprint density at radius 1 is 1.10 bits per heavy atom. The van der Waals surface area contributed by atoms with Crippen molar-refractivity contribution in [2.75, 3.05) is 21.3 Å².